The van der Waals surface area contributed by atoms with Gasteiger partial charge >= 0.3 is 0 Å². The summed E-state index contributed by atoms with van der Waals surface area (Å²) in [6, 6.07) is 5.88. The standard InChI is InChI=1S/C15H19FN2O2/c1-10(2)8-17-15(20)11-6-14(19)18(9-11)13-5-3-4-12(16)7-13/h3-5,7,10-11H,6,8-9H2,1-2H3,(H,17,20). The second kappa shape index (κ2) is 6.03. The van der Waals surface area contributed by atoms with Gasteiger partial charge in [0.15, 0.2) is 0 Å². The smallest absolute Gasteiger partial charge is 0.227 e. The SMILES string of the molecule is CC(C)CNC(=O)C1CC(=O)N(c2cccc(F)c2)C1. The second-order valence-corrected chi connectivity index (χ2v) is 5.52. The van der Waals surface area contributed by atoms with Crippen molar-refractivity contribution < 1.29 is 14.0 Å². The van der Waals surface area contributed by atoms with Crippen molar-refractivity contribution in [2.75, 3.05) is 18.0 Å². The fraction of sp³-hybridized carbons (Fsp3) is 0.467. The van der Waals surface area contributed by atoms with E-state index in [2.05, 4.69) is 5.32 Å². The van der Waals surface area contributed by atoms with Gasteiger partial charge < -0.3 is 10.2 Å². The van der Waals surface area contributed by atoms with E-state index >= 15 is 0 Å². The molecule has 20 heavy (non-hydrogen) atoms. The Labute approximate surface area is 118 Å². The van der Waals surface area contributed by atoms with Crippen molar-refractivity contribution in [3.05, 3.63) is 30.1 Å². The summed E-state index contributed by atoms with van der Waals surface area (Å²) >= 11 is 0. The number of hydrogen-bond donors (Lipinski definition) is 1. The number of amides is 2. The summed E-state index contributed by atoms with van der Waals surface area (Å²) in [6.45, 7) is 4.94. The average molecular weight is 278 g/mol. The molecule has 0 aliphatic carbocycles. The van der Waals surface area contributed by atoms with Crippen LogP contribution in [0.5, 0.6) is 0 Å². The molecular formula is C15H19FN2O2. The molecule has 0 aromatic heterocycles. The fourth-order valence-electron chi connectivity index (χ4n) is 2.23. The Morgan fingerprint density at radius 3 is 2.90 bits per heavy atom. The van der Waals surface area contributed by atoms with Gasteiger partial charge in [-0.1, -0.05) is 19.9 Å². The minimum absolute atomic E-state index is 0.106. The van der Waals surface area contributed by atoms with E-state index in [9.17, 15) is 14.0 Å². The van der Waals surface area contributed by atoms with Crippen molar-refractivity contribution in [3.8, 4) is 0 Å². The van der Waals surface area contributed by atoms with E-state index in [-0.39, 0.29) is 30.0 Å². The molecule has 1 aliphatic heterocycles. The Balaban J connectivity index is 2.02. The third-order valence-corrected chi connectivity index (χ3v) is 3.30. The molecule has 1 aromatic carbocycles. The molecule has 4 nitrogen and oxygen atoms in total. The van der Waals surface area contributed by atoms with Crippen LogP contribution in [0.4, 0.5) is 10.1 Å². The lowest BCUT2D eigenvalue weighted by molar-refractivity contribution is -0.126. The lowest BCUT2D eigenvalue weighted by Gasteiger charge is -2.17. The molecule has 0 radical (unpaired) electrons. The number of nitrogens with zero attached hydrogens (tertiary/aromatic N) is 1. The first kappa shape index (κ1) is 14.5. The van der Waals surface area contributed by atoms with Crippen LogP contribution in [0.15, 0.2) is 24.3 Å². The first-order valence-electron chi connectivity index (χ1n) is 6.81. The first-order valence-corrected chi connectivity index (χ1v) is 6.81. The fourth-order valence-corrected chi connectivity index (χ4v) is 2.23. The number of nitrogens with one attached hydrogen (secondary N) is 1. The molecule has 108 valence electrons. The van der Waals surface area contributed by atoms with E-state index < -0.39 is 0 Å². The minimum Gasteiger partial charge on any atom is -0.356 e. The van der Waals surface area contributed by atoms with Gasteiger partial charge in [-0.05, 0) is 24.1 Å². The predicted octanol–water partition coefficient (Wildman–Crippen LogP) is 1.95. The van der Waals surface area contributed by atoms with E-state index in [0.717, 1.165) is 0 Å². The summed E-state index contributed by atoms with van der Waals surface area (Å²) in [7, 11) is 0. The van der Waals surface area contributed by atoms with Crippen LogP contribution < -0.4 is 10.2 Å². The molecule has 1 unspecified atom stereocenters. The van der Waals surface area contributed by atoms with Crippen LogP contribution in [0.25, 0.3) is 0 Å². The van der Waals surface area contributed by atoms with Crippen molar-refractivity contribution in [2.24, 2.45) is 11.8 Å². The van der Waals surface area contributed by atoms with Gasteiger partial charge in [-0.2, -0.15) is 0 Å². The van der Waals surface area contributed by atoms with Crippen molar-refractivity contribution in [1.82, 2.24) is 5.32 Å². The zero-order valence-corrected chi connectivity index (χ0v) is 11.7. The lowest BCUT2D eigenvalue weighted by atomic mass is 10.1. The molecule has 2 rings (SSSR count). The number of rotatable bonds is 4. The third kappa shape index (κ3) is 3.35. The van der Waals surface area contributed by atoms with Crippen LogP contribution in [-0.2, 0) is 9.59 Å². The Hall–Kier alpha value is -1.91. The Kier molecular flexibility index (Phi) is 4.37. The molecule has 0 spiro atoms. The highest BCUT2D eigenvalue weighted by Crippen LogP contribution is 2.25. The van der Waals surface area contributed by atoms with Crippen molar-refractivity contribution >= 4 is 17.5 Å². The highest BCUT2D eigenvalue weighted by Gasteiger charge is 2.35. The molecule has 1 atom stereocenters. The summed E-state index contributed by atoms with van der Waals surface area (Å²) < 4.78 is 13.2. The topological polar surface area (TPSA) is 49.4 Å². The number of hydrogen-bond acceptors (Lipinski definition) is 2. The summed E-state index contributed by atoms with van der Waals surface area (Å²) in [5, 5.41) is 2.84. The number of carbonyl (C=O) groups is 2. The Morgan fingerprint density at radius 2 is 2.25 bits per heavy atom. The molecule has 0 saturated carbocycles. The quantitative estimate of drug-likeness (QED) is 0.915. The van der Waals surface area contributed by atoms with Crippen LogP contribution in [0.2, 0.25) is 0 Å². The second-order valence-electron chi connectivity index (χ2n) is 5.52. The van der Waals surface area contributed by atoms with Gasteiger partial charge in [0.05, 0.1) is 5.92 Å². The number of carbonyl (C=O) groups excluding carboxylic acids is 2. The van der Waals surface area contributed by atoms with Gasteiger partial charge in [-0.25, -0.2) is 4.39 Å². The maximum atomic E-state index is 13.2. The summed E-state index contributed by atoms with van der Waals surface area (Å²) in [4.78, 5) is 25.4. The molecule has 0 bridgehead atoms. The molecule has 1 saturated heterocycles. The molecule has 1 heterocycles. The van der Waals surface area contributed by atoms with Gasteiger partial charge in [0.25, 0.3) is 0 Å². The first-order chi connectivity index (χ1) is 9.47. The maximum Gasteiger partial charge on any atom is 0.227 e. The van der Waals surface area contributed by atoms with Crippen LogP contribution in [0.1, 0.15) is 20.3 Å². The number of anilines is 1. The zero-order valence-electron chi connectivity index (χ0n) is 11.7. The van der Waals surface area contributed by atoms with E-state index in [0.29, 0.717) is 24.7 Å². The summed E-state index contributed by atoms with van der Waals surface area (Å²) in [6.07, 6.45) is 0.181. The molecule has 1 aromatic rings. The summed E-state index contributed by atoms with van der Waals surface area (Å²) in [5.74, 6) is -0.617. The average Bonchev–Trinajstić information content (AvgIpc) is 2.78. The van der Waals surface area contributed by atoms with E-state index in [1.807, 2.05) is 13.8 Å². The largest absolute Gasteiger partial charge is 0.356 e. The van der Waals surface area contributed by atoms with Crippen molar-refractivity contribution in [3.63, 3.8) is 0 Å². The van der Waals surface area contributed by atoms with Crippen molar-refractivity contribution in [1.29, 1.82) is 0 Å². The number of benzene rings is 1. The lowest BCUT2D eigenvalue weighted by Crippen LogP contribution is -2.35. The van der Waals surface area contributed by atoms with Crippen molar-refractivity contribution in [2.45, 2.75) is 20.3 Å². The normalized spacial score (nSPS) is 18.7. The van der Waals surface area contributed by atoms with E-state index in [1.165, 1.54) is 17.0 Å². The molecular weight excluding hydrogens is 259 g/mol. The third-order valence-electron chi connectivity index (χ3n) is 3.30. The Morgan fingerprint density at radius 1 is 1.50 bits per heavy atom. The van der Waals surface area contributed by atoms with Crippen LogP contribution in [0, 0.1) is 17.7 Å². The zero-order chi connectivity index (χ0) is 14.7. The van der Waals surface area contributed by atoms with E-state index in [1.54, 1.807) is 12.1 Å². The minimum atomic E-state index is -0.386. The van der Waals surface area contributed by atoms with Gasteiger partial charge in [-0.3, -0.25) is 9.59 Å². The Bertz CT molecular complexity index is 516. The van der Waals surface area contributed by atoms with Gasteiger partial charge in [-0.15, -0.1) is 0 Å². The van der Waals surface area contributed by atoms with Crippen LogP contribution >= 0.6 is 0 Å². The maximum absolute atomic E-state index is 13.2. The molecule has 1 fully saturated rings. The van der Waals surface area contributed by atoms with Crippen LogP contribution in [-0.4, -0.2) is 24.9 Å². The summed E-state index contributed by atoms with van der Waals surface area (Å²) in [5.41, 5.74) is 0.508. The van der Waals surface area contributed by atoms with E-state index in [4.69, 9.17) is 0 Å². The van der Waals surface area contributed by atoms with Gasteiger partial charge in [0.1, 0.15) is 5.82 Å². The van der Waals surface area contributed by atoms with Crippen LogP contribution in [0.3, 0.4) is 0 Å². The van der Waals surface area contributed by atoms with Gasteiger partial charge in [0, 0.05) is 25.2 Å². The highest BCUT2D eigenvalue weighted by molar-refractivity contribution is 6.00. The molecule has 1 N–H and O–H groups in total. The number of halogens is 1. The molecule has 5 heteroatoms. The highest BCUT2D eigenvalue weighted by atomic mass is 19.1. The van der Waals surface area contributed by atoms with Gasteiger partial charge in [0.2, 0.25) is 11.8 Å². The predicted molar refractivity (Wildman–Crippen MR) is 74.7 cm³/mol. The molecule has 2 amide bonds. The monoisotopic (exact) mass is 278 g/mol. The molecule has 1 aliphatic rings.